The summed E-state index contributed by atoms with van der Waals surface area (Å²) < 4.78 is 0. The Balaban J connectivity index is 0.000000237. The SMILES string of the molecule is C1CC[Si]C1.CC1=[C-]C(C)C=C1c1ccc2ccccc2c1.CC1=[C-]C(C)C=C1c1ccc2ccccc2c1.[Cl-].[Cl-].[Zr+4]. The van der Waals surface area contributed by atoms with Crippen molar-refractivity contribution in [3.05, 3.63) is 132 Å². The van der Waals surface area contributed by atoms with Gasteiger partial charge in [0.1, 0.15) is 0 Å². The number of rotatable bonds is 2. The van der Waals surface area contributed by atoms with Crippen molar-refractivity contribution in [1.82, 2.24) is 0 Å². The molecule has 4 aromatic carbocycles. The molecule has 0 N–H and O–H groups in total. The fourth-order valence-corrected chi connectivity index (χ4v) is 6.89. The van der Waals surface area contributed by atoms with Crippen LogP contribution in [0.25, 0.3) is 32.7 Å². The van der Waals surface area contributed by atoms with Crippen LogP contribution >= 0.6 is 0 Å². The first-order valence-corrected chi connectivity index (χ1v) is 15.7. The molecule has 0 amide bonds. The molecule has 2 aliphatic carbocycles. The van der Waals surface area contributed by atoms with Gasteiger partial charge in [-0.1, -0.05) is 161 Å². The van der Waals surface area contributed by atoms with Gasteiger partial charge in [0.15, 0.2) is 0 Å². The van der Waals surface area contributed by atoms with Crippen molar-refractivity contribution in [3.63, 3.8) is 0 Å². The third-order valence-electron chi connectivity index (χ3n) is 7.61. The molecule has 1 fully saturated rings. The third-order valence-corrected chi connectivity index (χ3v) is 9.02. The smallest absolute Gasteiger partial charge is 1.00 e. The van der Waals surface area contributed by atoms with Crippen molar-refractivity contribution in [2.24, 2.45) is 11.8 Å². The standard InChI is InChI=1S/2C17H15.C4H8Si.2ClH.Zr/c2*1-12-9-13(2)17(10-12)16-8-7-14-5-3-4-6-15(14)11-16;1-2-4-5-3-1;;;/h2*3-8,10-12H,1-2H3;1-4H2;2*1H;/q2*-1;;;;+4/p-2. The topological polar surface area (TPSA) is 0 Å². The minimum absolute atomic E-state index is 0. The maximum absolute atomic E-state index is 3.44. The number of hydrogen-bond acceptors (Lipinski definition) is 0. The van der Waals surface area contributed by atoms with Crippen LogP contribution in [0, 0.1) is 24.0 Å². The molecule has 212 valence electrons. The van der Waals surface area contributed by atoms with Crippen LogP contribution in [-0.4, -0.2) is 9.52 Å². The van der Waals surface area contributed by atoms with E-state index < -0.39 is 0 Å². The van der Waals surface area contributed by atoms with Crippen molar-refractivity contribution >= 4 is 42.2 Å². The molecule has 2 unspecified atom stereocenters. The Bertz CT molecular complexity index is 1470. The van der Waals surface area contributed by atoms with E-state index in [1.807, 2.05) is 0 Å². The monoisotopic (exact) mass is 682 g/mol. The summed E-state index contributed by atoms with van der Waals surface area (Å²) in [6.45, 7) is 8.64. The summed E-state index contributed by atoms with van der Waals surface area (Å²) in [7, 11) is 1.31. The molecule has 0 spiro atoms. The molecule has 1 aliphatic heterocycles. The molecule has 1 heterocycles. The molecule has 0 bridgehead atoms. The van der Waals surface area contributed by atoms with E-state index in [9.17, 15) is 0 Å². The van der Waals surface area contributed by atoms with Gasteiger partial charge in [-0.15, -0.1) is 0 Å². The Labute approximate surface area is 287 Å². The zero-order valence-electron chi connectivity index (χ0n) is 25.0. The van der Waals surface area contributed by atoms with Gasteiger partial charge >= 0.3 is 26.2 Å². The van der Waals surface area contributed by atoms with Gasteiger partial charge in [0.2, 0.25) is 0 Å². The van der Waals surface area contributed by atoms with Crippen LogP contribution in [0.1, 0.15) is 51.7 Å². The van der Waals surface area contributed by atoms with E-state index in [1.54, 1.807) is 0 Å². The van der Waals surface area contributed by atoms with Crippen LogP contribution in [0.5, 0.6) is 0 Å². The minimum atomic E-state index is 0. The van der Waals surface area contributed by atoms with E-state index in [2.05, 4.69) is 137 Å². The Morgan fingerprint density at radius 1 is 0.571 bits per heavy atom. The molecule has 3 aliphatic rings. The summed E-state index contributed by atoms with van der Waals surface area (Å²) >= 11 is 0. The molecule has 2 atom stereocenters. The van der Waals surface area contributed by atoms with Crippen LogP contribution < -0.4 is 24.8 Å². The van der Waals surface area contributed by atoms with Gasteiger partial charge in [0, 0.05) is 9.52 Å². The molecular weight excluding hydrogens is 647 g/mol. The summed E-state index contributed by atoms with van der Waals surface area (Å²) in [5.41, 5.74) is 7.82. The molecule has 42 heavy (non-hydrogen) atoms. The number of hydrogen-bond donors (Lipinski definition) is 0. The van der Waals surface area contributed by atoms with Crippen LogP contribution in [0.4, 0.5) is 0 Å². The fourth-order valence-electron chi connectivity index (χ4n) is 5.64. The second-order valence-electron chi connectivity index (χ2n) is 10.9. The summed E-state index contributed by atoms with van der Waals surface area (Å²) in [5.74, 6) is 0.882. The Morgan fingerprint density at radius 3 is 1.26 bits per heavy atom. The molecule has 4 heteroatoms. The number of allylic oxidation sites excluding steroid dienone is 8. The van der Waals surface area contributed by atoms with Gasteiger partial charge in [-0.05, 0) is 21.5 Å². The summed E-state index contributed by atoms with van der Waals surface area (Å²) in [6, 6.07) is 33.4. The van der Waals surface area contributed by atoms with E-state index in [4.69, 9.17) is 0 Å². The van der Waals surface area contributed by atoms with Crippen LogP contribution in [0.15, 0.2) is 108 Å². The van der Waals surface area contributed by atoms with Gasteiger partial charge in [0.05, 0.1) is 0 Å². The van der Waals surface area contributed by atoms with Crippen molar-refractivity contribution in [2.45, 2.75) is 52.6 Å². The predicted octanol–water partition coefficient (Wildman–Crippen LogP) is 4.57. The van der Waals surface area contributed by atoms with E-state index in [-0.39, 0.29) is 51.0 Å². The van der Waals surface area contributed by atoms with Crippen LogP contribution in [0.3, 0.4) is 0 Å². The zero-order chi connectivity index (χ0) is 27.2. The first-order valence-electron chi connectivity index (χ1n) is 14.3. The van der Waals surface area contributed by atoms with E-state index in [0.717, 1.165) is 0 Å². The second kappa shape index (κ2) is 17.4. The molecule has 1 saturated heterocycles. The van der Waals surface area contributed by atoms with Crippen LogP contribution in [-0.2, 0) is 26.2 Å². The van der Waals surface area contributed by atoms with Gasteiger partial charge in [-0.3, -0.25) is 12.2 Å². The van der Waals surface area contributed by atoms with Gasteiger partial charge in [-0.2, -0.15) is 23.3 Å². The van der Waals surface area contributed by atoms with Crippen molar-refractivity contribution in [1.29, 1.82) is 0 Å². The van der Waals surface area contributed by atoms with Crippen molar-refractivity contribution in [2.75, 3.05) is 0 Å². The molecule has 7 rings (SSSR count). The summed E-state index contributed by atoms with van der Waals surface area (Å²) in [4.78, 5) is 0. The Morgan fingerprint density at radius 2 is 0.952 bits per heavy atom. The molecular formula is C38H38Cl2SiZr. The van der Waals surface area contributed by atoms with E-state index in [0.29, 0.717) is 11.8 Å². The minimum Gasteiger partial charge on any atom is -1.00 e. The van der Waals surface area contributed by atoms with Gasteiger partial charge in [0.25, 0.3) is 0 Å². The summed E-state index contributed by atoms with van der Waals surface area (Å²) in [6.07, 6.45) is 14.5. The van der Waals surface area contributed by atoms with E-state index in [1.165, 1.54) is 89.4 Å². The first kappa shape index (κ1) is 36.2. The first-order chi connectivity index (χ1) is 19.0. The number of fused-ring (bicyclic) bond motifs is 2. The van der Waals surface area contributed by atoms with Crippen molar-refractivity contribution in [3.8, 4) is 0 Å². The maximum atomic E-state index is 3.44. The Kier molecular flexibility index (Phi) is 15.0. The maximum Gasteiger partial charge on any atom is 4.00 e. The van der Waals surface area contributed by atoms with Gasteiger partial charge in [-0.25, -0.2) is 11.1 Å². The molecule has 4 aromatic rings. The largest absolute Gasteiger partial charge is 4.00 e. The second-order valence-corrected chi connectivity index (χ2v) is 12.4. The number of benzene rings is 4. The molecule has 2 radical (unpaired) electrons. The zero-order valence-corrected chi connectivity index (χ0v) is 29.9. The average Bonchev–Trinajstić information content (AvgIpc) is 3.71. The summed E-state index contributed by atoms with van der Waals surface area (Å²) in [5, 5.41) is 5.21. The third kappa shape index (κ3) is 9.27. The normalized spacial score (nSPS) is 18.5. The predicted molar refractivity (Wildman–Crippen MR) is 172 cm³/mol. The van der Waals surface area contributed by atoms with Crippen molar-refractivity contribution < 1.29 is 51.0 Å². The fraction of sp³-hybridized carbons (Fsp3) is 0.263. The molecule has 0 aromatic heterocycles. The average molecular weight is 685 g/mol. The van der Waals surface area contributed by atoms with Gasteiger partial charge < -0.3 is 24.8 Å². The van der Waals surface area contributed by atoms with E-state index >= 15 is 0 Å². The number of halogens is 2. The molecule has 0 nitrogen and oxygen atoms in total. The van der Waals surface area contributed by atoms with Crippen LogP contribution in [0.2, 0.25) is 12.1 Å². The quantitative estimate of drug-likeness (QED) is 0.215. The Hall–Kier alpha value is -1.96. The molecule has 0 saturated carbocycles.